The summed E-state index contributed by atoms with van der Waals surface area (Å²) in [7, 11) is 3.79. The van der Waals surface area contributed by atoms with E-state index in [1.54, 1.807) is 12.1 Å². The van der Waals surface area contributed by atoms with Crippen molar-refractivity contribution in [3.8, 4) is 0 Å². The predicted octanol–water partition coefficient (Wildman–Crippen LogP) is 3.38. The van der Waals surface area contributed by atoms with Gasteiger partial charge in [-0.1, -0.05) is 11.6 Å². The third-order valence-electron chi connectivity index (χ3n) is 4.08. The van der Waals surface area contributed by atoms with E-state index in [2.05, 4.69) is 5.32 Å². The lowest BCUT2D eigenvalue weighted by molar-refractivity contribution is 0.0911. The lowest BCUT2D eigenvalue weighted by Gasteiger charge is -2.22. The minimum Gasteiger partial charge on any atom is -0.465 e. The molecule has 26 heavy (non-hydrogen) atoms. The van der Waals surface area contributed by atoms with E-state index in [0.29, 0.717) is 22.5 Å². The van der Waals surface area contributed by atoms with Gasteiger partial charge in [0.1, 0.15) is 17.1 Å². The van der Waals surface area contributed by atoms with E-state index in [9.17, 15) is 9.59 Å². The van der Waals surface area contributed by atoms with Crippen molar-refractivity contribution in [3.05, 3.63) is 68.9 Å². The SMILES string of the molecule is Cc1ccc([C@@H](CNC(=O)c2cc(=O)c3cc(Cl)ccc3o2)N(C)C)o1. The third-order valence-corrected chi connectivity index (χ3v) is 4.32. The van der Waals surface area contributed by atoms with Gasteiger partial charge < -0.3 is 14.2 Å². The molecular formula is C19H19ClN2O4. The van der Waals surface area contributed by atoms with Crippen LogP contribution in [0.4, 0.5) is 0 Å². The summed E-state index contributed by atoms with van der Waals surface area (Å²) in [4.78, 5) is 26.6. The highest BCUT2D eigenvalue weighted by molar-refractivity contribution is 6.31. The summed E-state index contributed by atoms with van der Waals surface area (Å²) in [6.07, 6.45) is 0. The first kappa shape index (κ1) is 18.2. The molecule has 0 saturated heterocycles. The number of hydrogen-bond acceptors (Lipinski definition) is 5. The molecule has 0 radical (unpaired) electrons. The van der Waals surface area contributed by atoms with Gasteiger partial charge in [-0.3, -0.25) is 14.5 Å². The van der Waals surface area contributed by atoms with Crippen molar-refractivity contribution >= 4 is 28.5 Å². The number of rotatable bonds is 5. The van der Waals surface area contributed by atoms with Gasteiger partial charge in [0.25, 0.3) is 5.91 Å². The zero-order chi connectivity index (χ0) is 18.8. The average Bonchev–Trinajstić information content (AvgIpc) is 3.01. The van der Waals surface area contributed by atoms with Gasteiger partial charge in [0.2, 0.25) is 0 Å². The Morgan fingerprint density at radius 3 is 2.62 bits per heavy atom. The molecule has 3 aromatic rings. The maximum atomic E-state index is 12.5. The Balaban J connectivity index is 1.80. The first-order valence-corrected chi connectivity index (χ1v) is 8.47. The van der Waals surface area contributed by atoms with Crippen molar-refractivity contribution in [2.45, 2.75) is 13.0 Å². The molecule has 1 N–H and O–H groups in total. The van der Waals surface area contributed by atoms with Gasteiger partial charge in [0.15, 0.2) is 11.2 Å². The fourth-order valence-electron chi connectivity index (χ4n) is 2.69. The highest BCUT2D eigenvalue weighted by Gasteiger charge is 2.20. The molecule has 3 rings (SSSR count). The lowest BCUT2D eigenvalue weighted by atomic mass is 10.2. The number of likely N-dealkylation sites (N-methyl/N-ethyl adjacent to an activating group) is 1. The highest BCUT2D eigenvalue weighted by Crippen LogP contribution is 2.21. The van der Waals surface area contributed by atoms with Crippen LogP contribution in [0, 0.1) is 6.92 Å². The molecule has 0 bridgehead atoms. The van der Waals surface area contributed by atoms with E-state index in [4.69, 9.17) is 20.4 Å². The monoisotopic (exact) mass is 374 g/mol. The molecule has 0 spiro atoms. The Hall–Kier alpha value is -2.57. The van der Waals surface area contributed by atoms with E-state index >= 15 is 0 Å². The number of nitrogens with one attached hydrogen (secondary N) is 1. The van der Waals surface area contributed by atoms with Crippen LogP contribution in [0.1, 0.15) is 28.1 Å². The number of fused-ring (bicyclic) bond motifs is 1. The Kier molecular flexibility index (Phi) is 5.15. The number of benzene rings is 1. The van der Waals surface area contributed by atoms with Crippen LogP contribution >= 0.6 is 11.6 Å². The molecule has 0 aliphatic rings. The summed E-state index contributed by atoms with van der Waals surface area (Å²) in [5.74, 6) is 1.05. The standard InChI is InChI=1S/C19H19ClN2O4/c1-11-4-6-17(25-11)14(22(2)3)10-21-19(24)18-9-15(23)13-8-12(20)5-7-16(13)26-18/h4-9,14H,10H2,1-3H3,(H,21,24)/t14-/m1/s1. The molecule has 2 aromatic heterocycles. The highest BCUT2D eigenvalue weighted by atomic mass is 35.5. The number of carbonyl (C=O) groups is 1. The number of furan rings is 1. The second-order valence-corrected chi connectivity index (χ2v) is 6.69. The second-order valence-electron chi connectivity index (χ2n) is 6.25. The summed E-state index contributed by atoms with van der Waals surface area (Å²) in [6.45, 7) is 2.17. The predicted molar refractivity (Wildman–Crippen MR) is 99.7 cm³/mol. The Morgan fingerprint density at radius 2 is 1.96 bits per heavy atom. The molecule has 1 atom stereocenters. The molecule has 6 nitrogen and oxygen atoms in total. The summed E-state index contributed by atoms with van der Waals surface area (Å²) in [6, 6.07) is 9.49. The fourth-order valence-corrected chi connectivity index (χ4v) is 2.86. The van der Waals surface area contributed by atoms with Crippen molar-refractivity contribution in [1.29, 1.82) is 0 Å². The van der Waals surface area contributed by atoms with Crippen LogP contribution in [-0.4, -0.2) is 31.4 Å². The van der Waals surface area contributed by atoms with Gasteiger partial charge in [0.05, 0.1) is 11.4 Å². The maximum Gasteiger partial charge on any atom is 0.287 e. The van der Waals surface area contributed by atoms with Gasteiger partial charge in [0, 0.05) is 17.6 Å². The molecule has 1 aromatic carbocycles. The molecule has 0 aliphatic heterocycles. The Labute approximate surface area is 155 Å². The van der Waals surface area contributed by atoms with Crippen LogP contribution in [0.15, 0.2) is 50.0 Å². The lowest BCUT2D eigenvalue weighted by Crippen LogP contribution is -2.34. The van der Waals surface area contributed by atoms with Crippen molar-refractivity contribution in [2.24, 2.45) is 0 Å². The van der Waals surface area contributed by atoms with Gasteiger partial charge in [-0.05, 0) is 51.4 Å². The molecule has 136 valence electrons. The molecule has 2 heterocycles. The zero-order valence-corrected chi connectivity index (χ0v) is 15.5. The summed E-state index contributed by atoms with van der Waals surface area (Å²) >= 11 is 5.89. The number of aryl methyl sites for hydroxylation is 1. The third kappa shape index (κ3) is 3.81. The molecule has 0 aliphatic carbocycles. The topological polar surface area (TPSA) is 75.7 Å². The van der Waals surface area contributed by atoms with E-state index in [-0.39, 0.29) is 17.2 Å². The smallest absolute Gasteiger partial charge is 0.287 e. The van der Waals surface area contributed by atoms with Gasteiger partial charge in [-0.15, -0.1) is 0 Å². The van der Waals surface area contributed by atoms with Crippen molar-refractivity contribution in [3.63, 3.8) is 0 Å². The first-order chi connectivity index (χ1) is 12.3. The number of hydrogen-bond donors (Lipinski definition) is 1. The van der Waals surface area contributed by atoms with Crippen LogP contribution in [0.5, 0.6) is 0 Å². The quantitative estimate of drug-likeness (QED) is 0.741. The maximum absolute atomic E-state index is 12.5. The van der Waals surface area contributed by atoms with Crippen molar-refractivity contribution in [2.75, 3.05) is 20.6 Å². The van der Waals surface area contributed by atoms with Crippen molar-refractivity contribution in [1.82, 2.24) is 10.2 Å². The molecule has 1 amide bonds. The van der Waals surface area contributed by atoms with Crippen LogP contribution < -0.4 is 10.7 Å². The Bertz CT molecular complexity index is 1010. The van der Waals surface area contributed by atoms with E-state index in [0.717, 1.165) is 11.5 Å². The number of nitrogens with zero attached hydrogens (tertiary/aromatic N) is 1. The molecule has 0 fully saturated rings. The number of carbonyl (C=O) groups excluding carboxylic acids is 1. The van der Waals surface area contributed by atoms with Crippen LogP contribution in [-0.2, 0) is 0 Å². The summed E-state index contributed by atoms with van der Waals surface area (Å²) in [5.41, 5.74) is 0.00240. The second kappa shape index (κ2) is 7.35. The number of amides is 1. The fraction of sp³-hybridized carbons (Fsp3) is 0.263. The van der Waals surface area contributed by atoms with E-state index in [1.165, 1.54) is 12.1 Å². The molecule has 7 heteroatoms. The van der Waals surface area contributed by atoms with Crippen LogP contribution in [0.3, 0.4) is 0 Å². The van der Waals surface area contributed by atoms with Crippen molar-refractivity contribution < 1.29 is 13.6 Å². The van der Waals surface area contributed by atoms with Gasteiger partial charge in [-0.25, -0.2) is 0 Å². The summed E-state index contributed by atoms with van der Waals surface area (Å²) < 4.78 is 11.2. The van der Waals surface area contributed by atoms with E-state index < -0.39 is 5.91 Å². The van der Waals surface area contributed by atoms with Gasteiger partial charge in [-0.2, -0.15) is 0 Å². The molecular weight excluding hydrogens is 356 g/mol. The number of halogens is 1. The largest absolute Gasteiger partial charge is 0.465 e. The molecule has 0 unspecified atom stereocenters. The minimum absolute atomic E-state index is 0.0436. The molecule has 0 saturated carbocycles. The normalized spacial score (nSPS) is 12.5. The van der Waals surface area contributed by atoms with Gasteiger partial charge >= 0.3 is 0 Å². The summed E-state index contributed by atoms with van der Waals surface area (Å²) in [5, 5.41) is 3.57. The average molecular weight is 375 g/mol. The zero-order valence-electron chi connectivity index (χ0n) is 14.7. The van der Waals surface area contributed by atoms with E-state index in [1.807, 2.05) is 38.1 Å². The Morgan fingerprint density at radius 1 is 1.19 bits per heavy atom. The minimum atomic E-state index is -0.464. The van der Waals surface area contributed by atoms with Crippen LogP contribution in [0.25, 0.3) is 11.0 Å². The van der Waals surface area contributed by atoms with Crippen LogP contribution in [0.2, 0.25) is 5.02 Å². The first-order valence-electron chi connectivity index (χ1n) is 8.09.